The fourth-order valence-corrected chi connectivity index (χ4v) is 4.55. The second-order valence-electron chi connectivity index (χ2n) is 8.96. The van der Waals surface area contributed by atoms with Crippen molar-refractivity contribution in [1.82, 2.24) is 9.80 Å². The lowest BCUT2D eigenvalue weighted by molar-refractivity contribution is -0.384. The van der Waals surface area contributed by atoms with Crippen LogP contribution in [0.4, 0.5) is 5.69 Å². The predicted octanol–water partition coefficient (Wildman–Crippen LogP) is 3.29. The summed E-state index contributed by atoms with van der Waals surface area (Å²) in [4.78, 5) is 40.4. The van der Waals surface area contributed by atoms with Crippen LogP contribution in [-0.4, -0.2) is 64.8 Å². The van der Waals surface area contributed by atoms with E-state index in [1.165, 1.54) is 23.1 Å². The first kappa shape index (κ1) is 23.4. The van der Waals surface area contributed by atoms with Gasteiger partial charge in [0.1, 0.15) is 17.6 Å². The first-order valence-corrected chi connectivity index (χ1v) is 11.1. The van der Waals surface area contributed by atoms with Crippen LogP contribution in [0, 0.1) is 10.1 Å². The van der Waals surface area contributed by atoms with Gasteiger partial charge in [-0.05, 0) is 63.3 Å². The number of nitrogens with zero attached hydrogens (tertiary/aromatic N) is 3. The molecule has 1 N–H and O–H groups in total. The topological polar surface area (TPSA) is 113 Å². The number of nitro groups is 1. The molecular weight excluding hydrogens is 438 g/mol. The number of non-ortho nitro benzene ring substituents is 1. The van der Waals surface area contributed by atoms with Gasteiger partial charge in [0.15, 0.2) is 0 Å². The molecular formula is C25H27N3O6. The number of carbonyl (C=O) groups is 2. The van der Waals surface area contributed by atoms with Crippen LogP contribution in [0.5, 0.6) is 5.75 Å². The third-order valence-electron chi connectivity index (χ3n) is 6.11. The summed E-state index contributed by atoms with van der Waals surface area (Å²) >= 11 is 0. The van der Waals surface area contributed by atoms with Crippen molar-refractivity contribution in [1.29, 1.82) is 0 Å². The molecule has 9 nitrogen and oxygen atoms in total. The Hall–Kier alpha value is -3.72. The number of rotatable bonds is 7. The molecule has 2 heterocycles. The largest absolute Gasteiger partial charge is 0.507 e. The lowest BCUT2D eigenvalue weighted by Crippen LogP contribution is -2.32. The van der Waals surface area contributed by atoms with Gasteiger partial charge in [0.25, 0.3) is 17.4 Å². The molecule has 178 valence electrons. The maximum Gasteiger partial charge on any atom is 0.295 e. The summed E-state index contributed by atoms with van der Waals surface area (Å²) < 4.78 is 5.72. The lowest BCUT2D eigenvalue weighted by Gasteiger charge is -2.25. The van der Waals surface area contributed by atoms with E-state index in [1.807, 2.05) is 25.9 Å². The average Bonchev–Trinajstić information content (AvgIpc) is 3.29. The maximum atomic E-state index is 13.1. The van der Waals surface area contributed by atoms with Crippen LogP contribution >= 0.6 is 0 Å². The van der Waals surface area contributed by atoms with Crippen molar-refractivity contribution in [2.24, 2.45) is 0 Å². The molecule has 0 aliphatic carbocycles. The van der Waals surface area contributed by atoms with E-state index in [1.54, 1.807) is 24.3 Å². The molecule has 0 spiro atoms. The number of amides is 1. The smallest absolute Gasteiger partial charge is 0.295 e. The molecule has 0 bridgehead atoms. The number of fused-ring (bicyclic) bond motifs is 1. The molecule has 0 radical (unpaired) electrons. The Kier molecular flexibility index (Phi) is 6.39. The van der Waals surface area contributed by atoms with Gasteiger partial charge in [0, 0.05) is 30.7 Å². The van der Waals surface area contributed by atoms with E-state index >= 15 is 0 Å². The second kappa shape index (κ2) is 9.26. The Bertz CT molecular complexity index is 1190. The third-order valence-corrected chi connectivity index (χ3v) is 6.11. The zero-order chi connectivity index (χ0) is 24.6. The van der Waals surface area contributed by atoms with Crippen molar-refractivity contribution in [2.45, 2.75) is 31.9 Å². The van der Waals surface area contributed by atoms with Gasteiger partial charge in [-0.15, -0.1) is 0 Å². The number of aliphatic hydroxyl groups excluding tert-OH is 1. The van der Waals surface area contributed by atoms with Gasteiger partial charge in [0.05, 0.1) is 16.5 Å². The first-order chi connectivity index (χ1) is 16.2. The van der Waals surface area contributed by atoms with E-state index in [9.17, 15) is 24.8 Å². The number of Topliss-reactive ketones (excluding diaryl/α,β-unsaturated/α-hetero) is 1. The predicted molar refractivity (Wildman–Crippen MR) is 126 cm³/mol. The number of hydrogen-bond donors (Lipinski definition) is 1. The molecule has 4 rings (SSSR count). The lowest BCUT2D eigenvalue weighted by atomic mass is 9.94. The van der Waals surface area contributed by atoms with E-state index in [-0.39, 0.29) is 29.7 Å². The van der Waals surface area contributed by atoms with E-state index in [2.05, 4.69) is 0 Å². The molecule has 0 saturated carbocycles. The highest BCUT2D eigenvalue weighted by Crippen LogP contribution is 2.41. The molecule has 2 aromatic rings. The van der Waals surface area contributed by atoms with Crippen molar-refractivity contribution in [3.63, 3.8) is 0 Å². The van der Waals surface area contributed by atoms with Gasteiger partial charge < -0.3 is 19.6 Å². The summed E-state index contributed by atoms with van der Waals surface area (Å²) in [6.07, 6.45) is 1.28. The van der Waals surface area contributed by atoms with Crippen LogP contribution in [-0.2, 0) is 16.0 Å². The SMILES string of the molecule is CC1Cc2cc(/C(O)=C3\C(=O)C(=O)N(CCCN(C)C)C3c3cccc([N+](=O)[O-])c3)ccc2O1. The van der Waals surface area contributed by atoms with Crippen molar-refractivity contribution in [2.75, 3.05) is 27.2 Å². The van der Waals surface area contributed by atoms with Gasteiger partial charge in [-0.1, -0.05) is 12.1 Å². The molecule has 2 unspecified atom stereocenters. The minimum absolute atomic E-state index is 0.0135. The average molecular weight is 466 g/mol. The van der Waals surface area contributed by atoms with E-state index in [0.29, 0.717) is 30.5 Å². The summed E-state index contributed by atoms with van der Waals surface area (Å²) in [7, 11) is 3.81. The molecule has 2 aliphatic heterocycles. The van der Waals surface area contributed by atoms with Crippen molar-refractivity contribution < 1.29 is 24.4 Å². The minimum atomic E-state index is -0.925. The quantitative estimate of drug-likeness (QED) is 0.219. The van der Waals surface area contributed by atoms with Crippen LogP contribution in [0.15, 0.2) is 48.0 Å². The zero-order valence-electron chi connectivity index (χ0n) is 19.4. The minimum Gasteiger partial charge on any atom is -0.507 e. The van der Waals surface area contributed by atoms with Gasteiger partial charge in [0.2, 0.25) is 0 Å². The van der Waals surface area contributed by atoms with Gasteiger partial charge in [-0.2, -0.15) is 0 Å². The Labute approximate surface area is 197 Å². The normalized spacial score (nSPS) is 21.1. The van der Waals surface area contributed by atoms with Crippen molar-refractivity contribution in [3.05, 3.63) is 74.8 Å². The number of carbonyl (C=O) groups excluding carboxylic acids is 2. The Morgan fingerprint density at radius 3 is 2.71 bits per heavy atom. The summed E-state index contributed by atoms with van der Waals surface area (Å²) in [5.74, 6) is -1.10. The number of benzene rings is 2. The monoisotopic (exact) mass is 465 g/mol. The summed E-state index contributed by atoms with van der Waals surface area (Å²) in [6, 6.07) is 10.1. The number of aliphatic hydroxyl groups is 1. The van der Waals surface area contributed by atoms with Crippen LogP contribution in [0.2, 0.25) is 0 Å². The Balaban J connectivity index is 1.81. The van der Waals surface area contributed by atoms with Crippen LogP contribution in [0.25, 0.3) is 5.76 Å². The molecule has 2 atom stereocenters. The fourth-order valence-electron chi connectivity index (χ4n) is 4.55. The van der Waals surface area contributed by atoms with Crippen LogP contribution in [0.3, 0.4) is 0 Å². The van der Waals surface area contributed by atoms with E-state index in [4.69, 9.17) is 4.74 Å². The third kappa shape index (κ3) is 4.38. The van der Waals surface area contributed by atoms with Gasteiger partial charge in [-0.25, -0.2) is 0 Å². The second-order valence-corrected chi connectivity index (χ2v) is 8.96. The zero-order valence-corrected chi connectivity index (χ0v) is 19.4. The molecule has 1 saturated heterocycles. The Morgan fingerprint density at radius 2 is 2.00 bits per heavy atom. The molecule has 1 fully saturated rings. The molecule has 1 amide bonds. The van der Waals surface area contributed by atoms with Crippen LogP contribution in [0.1, 0.15) is 36.1 Å². The van der Waals surface area contributed by atoms with Gasteiger partial charge >= 0.3 is 0 Å². The highest BCUT2D eigenvalue weighted by Gasteiger charge is 2.46. The highest BCUT2D eigenvalue weighted by atomic mass is 16.6. The number of likely N-dealkylation sites (tertiary alicyclic amines) is 1. The Morgan fingerprint density at radius 1 is 1.24 bits per heavy atom. The molecule has 0 aromatic heterocycles. The molecule has 9 heteroatoms. The fraction of sp³-hybridized carbons (Fsp3) is 0.360. The highest BCUT2D eigenvalue weighted by molar-refractivity contribution is 6.46. The standard InChI is InChI=1S/C25H27N3O6/c1-15-12-18-13-17(8-9-20(18)34-15)23(29)21-22(16-6-4-7-19(14-16)28(32)33)27(25(31)24(21)30)11-5-10-26(2)3/h4,6-9,13-15,22,29H,5,10-12H2,1-3H3/b23-21+. The summed E-state index contributed by atoms with van der Waals surface area (Å²) in [5.41, 5.74) is 1.49. The number of hydrogen-bond acceptors (Lipinski definition) is 7. The molecule has 2 aliphatic rings. The van der Waals surface area contributed by atoms with Crippen LogP contribution < -0.4 is 4.74 Å². The number of nitro benzene ring substituents is 1. The van der Waals surface area contributed by atoms with E-state index in [0.717, 1.165) is 11.3 Å². The van der Waals surface area contributed by atoms with E-state index < -0.39 is 22.7 Å². The summed E-state index contributed by atoms with van der Waals surface area (Å²) in [6.45, 7) is 2.90. The molecule has 34 heavy (non-hydrogen) atoms. The van der Waals surface area contributed by atoms with Gasteiger partial charge in [-0.3, -0.25) is 19.7 Å². The number of ether oxygens (including phenoxy) is 1. The first-order valence-electron chi connectivity index (χ1n) is 11.1. The maximum absolute atomic E-state index is 13.1. The number of ketones is 1. The van der Waals surface area contributed by atoms with Crippen molar-refractivity contribution >= 4 is 23.1 Å². The molecule has 2 aromatic carbocycles. The summed E-state index contributed by atoms with van der Waals surface area (Å²) in [5, 5.41) is 22.6. The van der Waals surface area contributed by atoms with Crippen molar-refractivity contribution in [3.8, 4) is 5.75 Å².